The Balaban J connectivity index is 0.984. The number of hydrogen-bond donors (Lipinski definition) is 0. The second-order valence-electron chi connectivity index (χ2n) is 16.2. The van der Waals surface area contributed by atoms with Gasteiger partial charge < -0.3 is 0 Å². The molecular formula is C59H42N2. The van der Waals surface area contributed by atoms with Gasteiger partial charge in [0, 0.05) is 22.6 Å². The third-order valence-corrected chi connectivity index (χ3v) is 12.5. The molecule has 1 aromatic heterocycles. The van der Waals surface area contributed by atoms with E-state index in [-0.39, 0.29) is 11.8 Å². The molecule has 0 amide bonds. The Kier molecular flexibility index (Phi) is 9.24. The predicted octanol–water partition coefficient (Wildman–Crippen LogP) is 15.6. The van der Waals surface area contributed by atoms with Crippen LogP contribution in [0.25, 0.3) is 94.0 Å². The number of allylic oxidation sites excluding steroid dienone is 4. The minimum Gasteiger partial charge on any atom is -0.228 e. The molecule has 0 saturated carbocycles. The van der Waals surface area contributed by atoms with Crippen molar-refractivity contribution >= 4 is 37.9 Å². The highest BCUT2D eigenvalue weighted by atomic mass is 14.9. The van der Waals surface area contributed by atoms with Crippen LogP contribution in [0.1, 0.15) is 24.0 Å². The first kappa shape index (κ1) is 36.4. The van der Waals surface area contributed by atoms with Crippen LogP contribution in [0.2, 0.25) is 0 Å². The van der Waals surface area contributed by atoms with Crippen molar-refractivity contribution in [2.45, 2.75) is 12.8 Å². The Bertz CT molecular complexity index is 3190. The van der Waals surface area contributed by atoms with E-state index >= 15 is 0 Å². The van der Waals surface area contributed by atoms with Crippen molar-refractivity contribution in [1.29, 1.82) is 0 Å². The summed E-state index contributed by atoms with van der Waals surface area (Å²) in [6, 6.07) is 74.1. The van der Waals surface area contributed by atoms with Gasteiger partial charge in [0.1, 0.15) is 0 Å². The van der Waals surface area contributed by atoms with Gasteiger partial charge in [-0.25, -0.2) is 9.97 Å². The predicted molar refractivity (Wildman–Crippen MR) is 257 cm³/mol. The molecule has 9 aromatic carbocycles. The summed E-state index contributed by atoms with van der Waals surface area (Å²) in [5.74, 6) is 1.18. The highest BCUT2D eigenvalue weighted by Gasteiger charge is 2.25. The lowest BCUT2D eigenvalue weighted by Gasteiger charge is -2.28. The number of hydrogen-bond acceptors (Lipinski definition) is 2. The van der Waals surface area contributed by atoms with E-state index in [9.17, 15) is 0 Å². The molecule has 1 aliphatic carbocycles. The summed E-state index contributed by atoms with van der Waals surface area (Å²) in [5.41, 5.74) is 13.3. The monoisotopic (exact) mass is 778 g/mol. The largest absolute Gasteiger partial charge is 0.228 e. The minimum atomic E-state index is 0.226. The van der Waals surface area contributed by atoms with E-state index in [4.69, 9.17) is 9.97 Å². The summed E-state index contributed by atoms with van der Waals surface area (Å²) >= 11 is 0. The van der Waals surface area contributed by atoms with Gasteiger partial charge in [-0.3, -0.25) is 0 Å². The number of benzene rings is 9. The quantitative estimate of drug-likeness (QED) is 0.151. The van der Waals surface area contributed by atoms with Crippen LogP contribution in [0.15, 0.2) is 224 Å². The lowest BCUT2D eigenvalue weighted by atomic mass is 9.76. The Morgan fingerprint density at radius 3 is 1.38 bits per heavy atom. The van der Waals surface area contributed by atoms with Crippen molar-refractivity contribution in [3.8, 4) is 56.2 Å². The molecule has 0 aliphatic heterocycles. The Morgan fingerprint density at radius 2 is 0.787 bits per heavy atom. The lowest BCUT2D eigenvalue weighted by Crippen LogP contribution is -2.12. The van der Waals surface area contributed by atoms with Crippen molar-refractivity contribution in [2.75, 3.05) is 0 Å². The smallest absolute Gasteiger partial charge is 0.160 e. The van der Waals surface area contributed by atoms with Gasteiger partial charge in [0.25, 0.3) is 0 Å². The standard InChI is InChI=1S/C59H42N2/c1-39-49(30-15-31-50(39)45-32-33-55-53-28-9-8-26-51(53)52-27-10-11-29-54(52)56(55)37-45)44-22-14-24-47(36-44)58-38-57(46-23-12-20-42(34-46)40-16-4-2-5-17-40)60-59(61-58)48-25-13-21-43(35-48)41-18-6-3-7-19-41/h2-39,50H,1H3. The molecule has 0 saturated heterocycles. The molecule has 2 heteroatoms. The van der Waals surface area contributed by atoms with E-state index in [1.807, 2.05) is 0 Å². The van der Waals surface area contributed by atoms with E-state index in [2.05, 4.69) is 231 Å². The van der Waals surface area contributed by atoms with Gasteiger partial charge in [0.15, 0.2) is 5.82 Å². The van der Waals surface area contributed by atoms with Crippen LogP contribution >= 0.6 is 0 Å². The zero-order valence-corrected chi connectivity index (χ0v) is 33.9. The second kappa shape index (κ2) is 15.5. The van der Waals surface area contributed by atoms with Gasteiger partial charge >= 0.3 is 0 Å². The molecule has 2 atom stereocenters. The number of fused-ring (bicyclic) bond motifs is 6. The highest BCUT2D eigenvalue weighted by Crippen LogP contribution is 2.43. The Morgan fingerprint density at radius 1 is 0.344 bits per heavy atom. The van der Waals surface area contributed by atoms with Crippen molar-refractivity contribution in [2.24, 2.45) is 5.92 Å². The molecule has 0 bridgehead atoms. The Hall–Kier alpha value is -7.68. The van der Waals surface area contributed by atoms with E-state index in [1.165, 1.54) is 54.6 Å². The van der Waals surface area contributed by atoms with Crippen LogP contribution in [0.4, 0.5) is 0 Å². The first-order chi connectivity index (χ1) is 30.1. The van der Waals surface area contributed by atoms with Gasteiger partial charge in [-0.05, 0) is 108 Å². The minimum absolute atomic E-state index is 0.226. The average molecular weight is 779 g/mol. The van der Waals surface area contributed by atoms with Crippen molar-refractivity contribution in [3.63, 3.8) is 0 Å². The Labute approximate surface area is 356 Å². The van der Waals surface area contributed by atoms with Crippen LogP contribution in [0.5, 0.6) is 0 Å². The SMILES string of the molecule is CC1C(c2cccc(-c3cc(-c4cccc(-c5ccccc5)c4)nc(-c4cccc(-c5ccccc5)c4)n3)c2)=CC=CC1c1ccc2c3ccccc3c3ccccc3c2c1. The van der Waals surface area contributed by atoms with Crippen molar-refractivity contribution in [3.05, 3.63) is 236 Å². The summed E-state index contributed by atoms with van der Waals surface area (Å²) in [6.45, 7) is 2.37. The molecule has 1 heterocycles. The first-order valence-electron chi connectivity index (χ1n) is 21.2. The summed E-state index contributed by atoms with van der Waals surface area (Å²) in [6.07, 6.45) is 6.92. The van der Waals surface area contributed by atoms with E-state index in [1.54, 1.807) is 0 Å². The van der Waals surface area contributed by atoms with Crippen molar-refractivity contribution in [1.82, 2.24) is 9.97 Å². The first-order valence-corrected chi connectivity index (χ1v) is 21.2. The highest BCUT2D eigenvalue weighted by molar-refractivity contribution is 6.25. The third-order valence-electron chi connectivity index (χ3n) is 12.5. The van der Waals surface area contributed by atoms with Gasteiger partial charge in [-0.1, -0.05) is 201 Å². The second-order valence-corrected chi connectivity index (χ2v) is 16.2. The average Bonchev–Trinajstić information content (AvgIpc) is 3.34. The molecule has 2 nitrogen and oxygen atoms in total. The molecule has 288 valence electrons. The van der Waals surface area contributed by atoms with E-state index in [0.717, 1.165) is 44.8 Å². The number of rotatable bonds is 7. The van der Waals surface area contributed by atoms with Gasteiger partial charge in [-0.15, -0.1) is 0 Å². The summed E-state index contributed by atoms with van der Waals surface area (Å²) in [5, 5.41) is 7.82. The fourth-order valence-electron chi connectivity index (χ4n) is 9.37. The zero-order chi connectivity index (χ0) is 40.7. The van der Waals surface area contributed by atoms with Crippen LogP contribution < -0.4 is 0 Å². The van der Waals surface area contributed by atoms with Crippen LogP contribution in [-0.2, 0) is 0 Å². The molecule has 0 spiro atoms. The maximum Gasteiger partial charge on any atom is 0.160 e. The number of nitrogens with zero attached hydrogens (tertiary/aromatic N) is 2. The fourth-order valence-corrected chi connectivity index (χ4v) is 9.37. The molecule has 0 fully saturated rings. The van der Waals surface area contributed by atoms with Crippen LogP contribution in [0.3, 0.4) is 0 Å². The summed E-state index contributed by atoms with van der Waals surface area (Å²) in [4.78, 5) is 10.6. The van der Waals surface area contributed by atoms with Gasteiger partial charge in [0.2, 0.25) is 0 Å². The molecule has 61 heavy (non-hydrogen) atoms. The van der Waals surface area contributed by atoms with Crippen LogP contribution in [0, 0.1) is 5.92 Å². The maximum atomic E-state index is 5.31. The number of aromatic nitrogens is 2. The lowest BCUT2D eigenvalue weighted by molar-refractivity contribution is 0.654. The van der Waals surface area contributed by atoms with Crippen LogP contribution in [-0.4, -0.2) is 9.97 Å². The topological polar surface area (TPSA) is 25.8 Å². The van der Waals surface area contributed by atoms with E-state index < -0.39 is 0 Å². The third kappa shape index (κ3) is 6.83. The molecule has 0 radical (unpaired) electrons. The van der Waals surface area contributed by atoms with E-state index in [0.29, 0.717) is 5.82 Å². The molecule has 2 unspecified atom stereocenters. The molecular weight excluding hydrogens is 737 g/mol. The fraction of sp³-hybridized carbons (Fsp3) is 0.0508. The van der Waals surface area contributed by atoms with Crippen molar-refractivity contribution < 1.29 is 0 Å². The molecule has 0 N–H and O–H groups in total. The zero-order valence-electron chi connectivity index (χ0n) is 33.9. The summed E-state index contributed by atoms with van der Waals surface area (Å²) in [7, 11) is 0. The molecule has 11 rings (SSSR count). The molecule has 1 aliphatic rings. The summed E-state index contributed by atoms with van der Waals surface area (Å²) < 4.78 is 0. The maximum absolute atomic E-state index is 5.31. The normalized spacial score (nSPS) is 15.0. The van der Waals surface area contributed by atoms with Gasteiger partial charge in [-0.2, -0.15) is 0 Å². The van der Waals surface area contributed by atoms with Gasteiger partial charge in [0.05, 0.1) is 11.4 Å². The molecule has 10 aromatic rings.